The van der Waals surface area contributed by atoms with Gasteiger partial charge in [0.25, 0.3) is 5.91 Å². The van der Waals surface area contributed by atoms with Gasteiger partial charge < -0.3 is 15.4 Å². The number of anilines is 1. The third kappa shape index (κ3) is 3.35. The number of fused-ring (bicyclic) bond motifs is 1. The lowest BCUT2D eigenvalue weighted by Crippen LogP contribution is -2.50. The van der Waals surface area contributed by atoms with E-state index in [1.165, 1.54) is 0 Å². The molecule has 7 nitrogen and oxygen atoms in total. The molecule has 2 amide bonds. The maximum atomic E-state index is 13.0. The van der Waals surface area contributed by atoms with Gasteiger partial charge >= 0.3 is 0 Å². The molecule has 7 heteroatoms. The molecule has 1 aliphatic rings. The number of nitrogens with one attached hydrogen (secondary N) is 2. The zero-order chi connectivity index (χ0) is 20.5. The summed E-state index contributed by atoms with van der Waals surface area (Å²) >= 11 is 0. The van der Waals surface area contributed by atoms with Crippen LogP contribution in [-0.2, 0) is 11.8 Å². The van der Waals surface area contributed by atoms with Crippen LogP contribution in [-0.4, -0.2) is 34.7 Å². The molecule has 0 saturated carbocycles. The molecular weight excluding hydrogens is 368 g/mol. The number of aromatic nitrogens is 2. The van der Waals surface area contributed by atoms with Crippen molar-refractivity contribution < 1.29 is 14.3 Å². The first kappa shape index (κ1) is 18.7. The minimum atomic E-state index is -0.772. The van der Waals surface area contributed by atoms with Gasteiger partial charge in [0.2, 0.25) is 5.91 Å². The van der Waals surface area contributed by atoms with Gasteiger partial charge in [-0.1, -0.05) is 30.3 Å². The number of methoxy groups -OCH3 is 1. The Morgan fingerprint density at radius 2 is 1.83 bits per heavy atom. The van der Waals surface area contributed by atoms with Crippen molar-refractivity contribution in [2.24, 2.45) is 7.05 Å². The third-order valence-corrected chi connectivity index (χ3v) is 5.23. The highest BCUT2D eigenvalue weighted by Crippen LogP contribution is 2.39. The quantitative estimate of drug-likeness (QED) is 0.717. The zero-order valence-electron chi connectivity index (χ0n) is 16.5. The number of hydrogen-bond donors (Lipinski definition) is 2. The number of carbonyl (C=O) groups is 2. The summed E-state index contributed by atoms with van der Waals surface area (Å²) in [7, 11) is 3.40. The molecule has 0 fully saturated rings. The van der Waals surface area contributed by atoms with Gasteiger partial charge in [-0.3, -0.25) is 14.3 Å². The lowest BCUT2D eigenvalue weighted by atomic mass is 9.82. The lowest BCUT2D eigenvalue weighted by molar-refractivity contribution is -0.118. The van der Waals surface area contributed by atoms with Gasteiger partial charge in [-0.2, -0.15) is 5.10 Å². The molecule has 3 aromatic rings. The highest BCUT2D eigenvalue weighted by molar-refractivity contribution is 6.03. The Bertz CT molecular complexity index is 1060. The Balaban J connectivity index is 1.78. The summed E-state index contributed by atoms with van der Waals surface area (Å²) in [5.74, 6) is 0.436. The molecule has 0 saturated heterocycles. The summed E-state index contributed by atoms with van der Waals surface area (Å²) in [5.41, 5.74) is 3.11. The van der Waals surface area contributed by atoms with E-state index in [1.54, 1.807) is 43.1 Å². The van der Waals surface area contributed by atoms with E-state index in [2.05, 4.69) is 15.7 Å². The average Bonchev–Trinajstić information content (AvgIpc) is 3.02. The van der Waals surface area contributed by atoms with E-state index < -0.39 is 6.04 Å². The van der Waals surface area contributed by atoms with Crippen LogP contribution in [0.4, 0.5) is 5.82 Å². The minimum absolute atomic E-state index is 0.273. The van der Waals surface area contributed by atoms with Crippen molar-refractivity contribution in [3.8, 4) is 5.75 Å². The molecule has 2 aromatic carbocycles. The van der Waals surface area contributed by atoms with Crippen LogP contribution in [0, 0.1) is 6.92 Å². The van der Waals surface area contributed by atoms with Crippen molar-refractivity contribution >= 4 is 17.6 Å². The summed E-state index contributed by atoms with van der Waals surface area (Å²) in [6, 6.07) is 15.6. The molecule has 0 spiro atoms. The second-order valence-electron chi connectivity index (χ2n) is 7.03. The molecule has 29 heavy (non-hydrogen) atoms. The fourth-order valence-corrected chi connectivity index (χ4v) is 3.84. The van der Waals surface area contributed by atoms with Crippen LogP contribution >= 0.6 is 0 Å². The summed E-state index contributed by atoms with van der Waals surface area (Å²) in [4.78, 5) is 25.8. The first-order chi connectivity index (χ1) is 14.0. The van der Waals surface area contributed by atoms with Gasteiger partial charge in [-0.15, -0.1) is 0 Å². The van der Waals surface area contributed by atoms with Gasteiger partial charge in [-0.25, -0.2) is 0 Å². The molecule has 2 atom stereocenters. The van der Waals surface area contributed by atoms with Crippen molar-refractivity contribution in [3.05, 3.63) is 77.0 Å². The predicted molar refractivity (Wildman–Crippen MR) is 109 cm³/mol. The average molecular weight is 390 g/mol. The van der Waals surface area contributed by atoms with Gasteiger partial charge in [0.1, 0.15) is 17.6 Å². The summed E-state index contributed by atoms with van der Waals surface area (Å²) in [6.07, 6.45) is 0. The monoisotopic (exact) mass is 390 g/mol. The maximum absolute atomic E-state index is 13.0. The number of aryl methyl sites for hydroxylation is 2. The minimum Gasteiger partial charge on any atom is -0.497 e. The largest absolute Gasteiger partial charge is 0.497 e. The number of nitrogens with zero attached hydrogens (tertiary/aromatic N) is 2. The van der Waals surface area contributed by atoms with Crippen LogP contribution < -0.4 is 15.4 Å². The number of amides is 2. The number of ether oxygens (including phenoxy) is 1. The molecule has 2 N–H and O–H groups in total. The number of rotatable bonds is 4. The van der Waals surface area contributed by atoms with Gasteiger partial charge in [-0.05, 0) is 36.8 Å². The Labute approximate surface area is 168 Å². The Morgan fingerprint density at radius 3 is 2.48 bits per heavy atom. The normalized spacial score (nSPS) is 18.0. The fourth-order valence-electron chi connectivity index (χ4n) is 3.84. The van der Waals surface area contributed by atoms with Crippen LogP contribution in [0.25, 0.3) is 0 Å². The van der Waals surface area contributed by atoms with Crippen molar-refractivity contribution in [3.63, 3.8) is 0 Å². The molecule has 0 aliphatic carbocycles. The molecule has 148 valence electrons. The molecule has 0 unspecified atom stereocenters. The van der Waals surface area contributed by atoms with Gasteiger partial charge in [0.15, 0.2) is 0 Å². The summed E-state index contributed by atoms with van der Waals surface area (Å²) in [5, 5.41) is 10.3. The number of hydrogen-bond acceptors (Lipinski definition) is 4. The smallest absolute Gasteiger partial charge is 0.251 e. The molecule has 2 heterocycles. The number of benzene rings is 2. The van der Waals surface area contributed by atoms with Crippen LogP contribution in [0.5, 0.6) is 5.75 Å². The van der Waals surface area contributed by atoms with E-state index >= 15 is 0 Å². The summed E-state index contributed by atoms with van der Waals surface area (Å²) in [6.45, 7) is 1.91. The second-order valence-corrected chi connectivity index (χ2v) is 7.03. The van der Waals surface area contributed by atoms with E-state index in [0.29, 0.717) is 11.4 Å². The molecule has 1 aliphatic heterocycles. The Morgan fingerprint density at radius 1 is 1.14 bits per heavy atom. The molecule has 4 rings (SSSR count). The first-order valence-electron chi connectivity index (χ1n) is 9.34. The fraction of sp³-hybridized carbons (Fsp3) is 0.227. The molecule has 0 radical (unpaired) electrons. The Hall–Kier alpha value is -3.61. The van der Waals surface area contributed by atoms with Crippen LogP contribution in [0.2, 0.25) is 0 Å². The van der Waals surface area contributed by atoms with Crippen molar-refractivity contribution in [1.82, 2.24) is 15.1 Å². The second kappa shape index (κ2) is 7.43. The standard InChI is InChI=1S/C22H22N4O3/c1-13-17-18(14-9-11-16(29-3)12-10-14)19(22(28)24-20(17)26(2)25-13)23-21(27)15-7-5-4-6-8-15/h4-12,18-19H,1-3H3,(H,23,27)(H,24,28)/t18-,19+/m1/s1. The third-order valence-electron chi connectivity index (χ3n) is 5.23. The SMILES string of the molecule is COc1ccc([C@@H]2c3c(C)nn(C)c3NC(=O)[C@H]2NC(=O)c2ccccc2)cc1. The predicted octanol–water partition coefficient (Wildman–Crippen LogP) is 2.62. The maximum Gasteiger partial charge on any atom is 0.251 e. The zero-order valence-corrected chi connectivity index (χ0v) is 16.5. The van der Waals surface area contributed by atoms with E-state index in [1.807, 2.05) is 37.3 Å². The first-order valence-corrected chi connectivity index (χ1v) is 9.34. The van der Waals surface area contributed by atoms with Crippen LogP contribution in [0.3, 0.4) is 0 Å². The van der Waals surface area contributed by atoms with E-state index in [9.17, 15) is 9.59 Å². The van der Waals surface area contributed by atoms with Crippen molar-refractivity contribution in [1.29, 1.82) is 0 Å². The molecule has 0 bridgehead atoms. The van der Waals surface area contributed by atoms with Gasteiger partial charge in [0.05, 0.1) is 12.8 Å². The van der Waals surface area contributed by atoms with Crippen molar-refractivity contribution in [2.75, 3.05) is 12.4 Å². The van der Waals surface area contributed by atoms with Crippen LogP contribution in [0.1, 0.15) is 33.1 Å². The highest BCUT2D eigenvalue weighted by Gasteiger charge is 2.41. The Kier molecular flexibility index (Phi) is 4.80. The highest BCUT2D eigenvalue weighted by atomic mass is 16.5. The molecular formula is C22H22N4O3. The van der Waals surface area contributed by atoms with E-state index in [4.69, 9.17) is 4.74 Å². The van der Waals surface area contributed by atoms with E-state index in [0.717, 1.165) is 22.6 Å². The van der Waals surface area contributed by atoms with Gasteiger partial charge in [0, 0.05) is 24.1 Å². The van der Waals surface area contributed by atoms with Crippen LogP contribution in [0.15, 0.2) is 54.6 Å². The molecule has 1 aromatic heterocycles. The lowest BCUT2D eigenvalue weighted by Gasteiger charge is -2.32. The van der Waals surface area contributed by atoms with Crippen molar-refractivity contribution in [2.45, 2.75) is 18.9 Å². The summed E-state index contributed by atoms with van der Waals surface area (Å²) < 4.78 is 6.92. The van der Waals surface area contributed by atoms with E-state index in [-0.39, 0.29) is 17.7 Å². The topological polar surface area (TPSA) is 85.2 Å². The number of carbonyl (C=O) groups excluding carboxylic acids is 2.